The van der Waals surface area contributed by atoms with Crippen molar-refractivity contribution >= 4 is 15.7 Å². The van der Waals surface area contributed by atoms with Gasteiger partial charge in [0, 0.05) is 18.3 Å². The zero-order valence-corrected chi connectivity index (χ0v) is 13.1. The number of benzene rings is 1. The first-order valence-electron chi connectivity index (χ1n) is 7.41. The lowest BCUT2D eigenvalue weighted by Gasteiger charge is -2.34. The van der Waals surface area contributed by atoms with Crippen molar-refractivity contribution in [1.29, 1.82) is 0 Å². The number of nitrogens with zero attached hydrogens (tertiary/aromatic N) is 1. The van der Waals surface area contributed by atoms with Gasteiger partial charge in [0.15, 0.2) is 0 Å². The number of sulfonamides is 1. The highest BCUT2D eigenvalue weighted by Gasteiger charge is 2.33. The van der Waals surface area contributed by atoms with Crippen LogP contribution in [-0.2, 0) is 16.4 Å². The molecule has 1 heterocycles. The number of nitrogens with two attached hydrogens (primary N) is 1. The third-order valence-electron chi connectivity index (χ3n) is 4.10. The normalized spacial score (nSPS) is 21.0. The lowest BCUT2D eigenvalue weighted by Crippen LogP contribution is -2.43. The SMILES string of the molecule is CCc1ccc(N)cc1S(=O)(=O)N1CCCCC1CC. The molecule has 1 aromatic rings. The second kappa shape index (κ2) is 6.14. The van der Waals surface area contributed by atoms with Crippen molar-refractivity contribution < 1.29 is 8.42 Å². The number of hydrogen-bond acceptors (Lipinski definition) is 3. The molecule has 1 aliphatic heterocycles. The lowest BCUT2D eigenvalue weighted by molar-refractivity contribution is 0.246. The predicted molar refractivity (Wildman–Crippen MR) is 82.1 cm³/mol. The van der Waals surface area contributed by atoms with Gasteiger partial charge in [0.1, 0.15) is 0 Å². The van der Waals surface area contributed by atoms with Crippen LogP contribution in [-0.4, -0.2) is 25.3 Å². The molecule has 1 fully saturated rings. The first kappa shape index (κ1) is 15.3. The summed E-state index contributed by atoms with van der Waals surface area (Å²) < 4.78 is 27.6. The van der Waals surface area contributed by atoms with Crippen molar-refractivity contribution in [3.05, 3.63) is 23.8 Å². The predicted octanol–water partition coefficient (Wildman–Crippen LogP) is 2.78. The van der Waals surface area contributed by atoms with E-state index in [9.17, 15) is 8.42 Å². The number of anilines is 1. The van der Waals surface area contributed by atoms with E-state index in [1.54, 1.807) is 16.4 Å². The number of nitrogen functional groups attached to an aromatic ring is 1. The smallest absolute Gasteiger partial charge is 0.243 e. The van der Waals surface area contributed by atoms with Crippen LogP contribution in [0.2, 0.25) is 0 Å². The van der Waals surface area contributed by atoms with Crippen LogP contribution in [0.3, 0.4) is 0 Å². The van der Waals surface area contributed by atoms with E-state index in [0.29, 0.717) is 23.5 Å². The molecule has 1 saturated heterocycles. The minimum Gasteiger partial charge on any atom is -0.399 e. The first-order chi connectivity index (χ1) is 9.50. The Labute approximate surface area is 122 Å². The monoisotopic (exact) mass is 296 g/mol. The zero-order chi connectivity index (χ0) is 14.8. The molecular weight excluding hydrogens is 272 g/mol. The van der Waals surface area contributed by atoms with Gasteiger partial charge in [0.25, 0.3) is 0 Å². The van der Waals surface area contributed by atoms with Gasteiger partial charge in [-0.3, -0.25) is 0 Å². The molecule has 4 nitrogen and oxygen atoms in total. The van der Waals surface area contributed by atoms with Crippen molar-refractivity contribution in [2.75, 3.05) is 12.3 Å². The number of aryl methyl sites for hydroxylation is 1. The van der Waals surface area contributed by atoms with Gasteiger partial charge in [-0.2, -0.15) is 4.31 Å². The van der Waals surface area contributed by atoms with E-state index >= 15 is 0 Å². The van der Waals surface area contributed by atoms with Crippen molar-refractivity contribution in [3.63, 3.8) is 0 Å². The maximum atomic E-state index is 13.0. The summed E-state index contributed by atoms with van der Waals surface area (Å²) in [5, 5.41) is 0. The van der Waals surface area contributed by atoms with Gasteiger partial charge in [0.05, 0.1) is 4.90 Å². The Morgan fingerprint density at radius 3 is 2.70 bits per heavy atom. The summed E-state index contributed by atoms with van der Waals surface area (Å²) in [4.78, 5) is 0.389. The fourth-order valence-corrected chi connectivity index (χ4v) is 5.03. The van der Waals surface area contributed by atoms with Crippen LogP contribution >= 0.6 is 0 Å². The van der Waals surface area contributed by atoms with E-state index in [1.807, 2.05) is 13.0 Å². The van der Waals surface area contributed by atoms with Crippen LogP contribution in [0.1, 0.15) is 45.1 Å². The molecule has 1 atom stereocenters. The van der Waals surface area contributed by atoms with Crippen LogP contribution < -0.4 is 5.73 Å². The van der Waals surface area contributed by atoms with Gasteiger partial charge in [-0.15, -0.1) is 0 Å². The summed E-state index contributed by atoms with van der Waals surface area (Å²) in [7, 11) is -3.44. The summed E-state index contributed by atoms with van der Waals surface area (Å²) in [6.45, 7) is 4.65. The fraction of sp³-hybridized carbons (Fsp3) is 0.600. The van der Waals surface area contributed by atoms with Crippen molar-refractivity contribution in [2.45, 2.75) is 56.9 Å². The summed E-state index contributed by atoms with van der Waals surface area (Å²) >= 11 is 0. The van der Waals surface area contributed by atoms with Crippen LogP contribution in [0.5, 0.6) is 0 Å². The van der Waals surface area contributed by atoms with Gasteiger partial charge in [0.2, 0.25) is 10.0 Å². The fourth-order valence-electron chi connectivity index (χ4n) is 2.93. The van der Waals surface area contributed by atoms with Gasteiger partial charge in [-0.25, -0.2) is 8.42 Å². The standard InChI is InChI=1S/C15H24N2O2S/c1-3-12-8-9-13(16)11-15(12)20(18,19)17-10-6-5-7-14(17)4-2/h8-9,11,14H,3-7,10,16H2,1-2H3. The minimum atomic E-state index is -3.44. The molecule has 2 rings (SSSR count). The molecule has 5 heteroatoms. The van der Waals surface area contributed by atoms with Gasteiger partial charge >= 0.3 is 0 Å². The highest BCUT2D eigenvalue weighted by Crippen LogP contribution is 2.29. The van der Waals surface area contributed by atoms with E-state index in [2.05, 4.69) is 6.92 Å². The quantitative estimate of drug-likeness (QED) is 0.869. The molecule has 112 valence electrons. The van der Waals surface area contributed by atoms with E-state index in [0.717, 1.165) is 31.2 Å². The third-order valence-corrected chi connectivity index (χ3v) is 6.14. The zero-order valence-electron chi connectivity index (χ0n) is 12.3. The Hall–Kier alpha value is -1.07. The third kappa shape index (κ3) is 2.83. The molecular formula is C15H24N2O2S. The van der Waals surface area contributed by atoms with Crippen LogP contribution in [0.15, 0.2) is 23.1 Å². The van der Waals surface area contributed by atoms with Crippen molar-refractivity contribution in [2.24, 2.45) is 0 Å². The second-order valence-electron chi connectivity index (χ2n) is 5.39. The van der Waals surface area contributed by atoms with Gasteiger partial charge in [-0.05, 0) is 43.4 Å². The summed E-state index contributed by atoms with van der Waals surface area (Å²) in [5.41, 5.74) is 7.14. The highest BCUT2D eigenvalue weighted by molar-refractivity contribution is 7.89. The van der Waals surface area contributed by atoms with Crippen LogP contribution in [0.25, 0.3) is 0 Å². The summed E-state index contributed by atoms with van der Waals surface area (Å²) in [6, 6.07) is 5.33. The molecule has 1 aliphatic rings. The molecule has 0 amide bonds. The first-order valence-corrected chi connectivity index (χ1v) is 8.85. The molecule has 0 saturated carbocycles. The molecule has 0 spiro atoms. The topological polar surface area (TPSA) is 63.4 Å². The van der Waals surface area contributed by atoms with Gasteiger partial charge in [-0.1, -0.05) is 26.3 Å². The molecule has 20 heavy (non-hydrogen) atoms. The van der Waals surface area contributed by atoms with E-state index in [-0.39, 0.29) is 6.04 Å². The lowest BCUT2D eigenvalue weighted by atomic mass is 10.0. The Morgan fingerprint density at radius 1 is 1.30 bits per heavy atom. The number of rotatable bonds is 4. The molecule has 1 aromatic carbocycles. The summed E-state index contributed by atoms with van der Waals surface area (Å²) in [5.74, 6) is 0. The average molecular weight is 296 g/mol. The second-order valence-corrected chi connectivity index (χ2v) is 7.25. The number of piperidine rings is 1. The van der Waals surface area contributed by atoms with E-state index < -0.39 is 10.0 Å². The molecule has 0 aliphatic carbocycles. The highest BCUT2D eigenvalue weighted by atomic mass is 32.2. The molecule has 0 bridgehead atoms. The van der Waals surface area contributed by atoms with Crippen LogP contribution in [0.4, 0.5) is 5.69 Å². The van der Waals surface area contributed by atoms with E-state index in [4.69, 9.17) is 5.73 Å². The maximum Gasteiger partial charge on any atom is 0.243 e. The van der Waals surface area contributed by atoms with Crippen molar-refractivity contribution in [1.82, 2.24) is 4.31 Å². The van der Waals surface area contributed by atoms with E-state index in [1.165, 1.54) is 0 Å². The minimum absolute atomic E-state index is 0.125. The molecule has 0 aromatic heterocycles. The van der Waals surface area contributed by atoms with Crippen molar-refractivity contribution in [3.8, 4) is 0 Å². The van der Waals surface area contributed by atoms with Crippen LogP contribution in [0, 0.1) is 0 Å². The maximum absolute atomic E-state index is 13.0. The Kier molecular flexibility index (Phi) is 4.70. The molecule has 0 radical (unpaired) electrons. The Morgan fingerprint density at radius 2 is 2.05 bits per heavy atom. The Bertz CT molecular complexity index is 569. The average Bonchev–Trinajstić information content (AvgIpc) is 2.47. The summed E-state index contributed by atoms with van der Waals surface area (Å²) in [6.07, 6.45) is 4.57. The molecule has 1 unspecified atom stereocenters. The van der Waals surface area contributed by atoms with Gasteiger partial charge < -0.3 is 5.73 Å². The Balaban J connectivity index is 2.46. The largest absolute Gasteiger partial charge is 0.399 e. The number of hydrogen-bond donors (Lipinski definition) is 1. The molecule has 2 N–H and O–H groups in total.